The number of H-pyrrole nitrogens is 1. The van der Waals surface area contributed by atoms with Gasteiger partial charge in [0.1, 0.15) is 6.29 Å². The van der Waals surface area contributed by atoms with Gasteiger partial charge in [-0.15, -0.1) is 0 Å². The summed E-state index contributed by atoms with van der Waals surface area (Å²) in [4.78, 5) is 24.6. The topological polar surface area (TPSA) is 78.2 Å². The Morgan fingerprint density at radius 3 is 2.81 bits per heavy atom. The molecule has 1 fully saturated rings. The SMILES string of the molecule is CC1C(C=O)N(Cc2ccc3c(N)ccnc3c2)CCN1Cc1cc2cc(Cl)ccc2[nH]1. The van der Waals surface area contributed by atoms with Gasteiger partial charge in [-0.25, -0.2) is 0 Å². The number of halogens is 1. The van der Waals surface area contributed by atoms with Gasteiger partial charge in [0.15, 0.2) is 0 Å². The molecular weight excluding hydrogens is 422 g/mol. The van der Waals surface area contributed by atoms with Crippen molar-refractivity contribution < 1.29 is 4.79 Å². The molecule has 1 aliphatic heterocycles. The van der Waals surface area contributed by atoms with Crippen LogP contribution in [0.3, 0.4) is 0 Å². The number of rotatable bonds is 5. The first-order valence-corrected chi connectivity index (χ1v) is 11.2. The number of nitrogens with one attached hydrogen (secondary N) is 1. The lowest BCUT2D eigenvalue weighted by molar-refractivity contribution is -0.117. The molecule has 6 nitrogen and oxygen atoms in total. The summed E-state index contributed by atoms with van der Waals surface area (Å²) in [6.45, 7) is 5.32. The molecule has 32 heavy (non-hydrogen) atoms. The van der Waals surface area contributed by atoms with Crippen LogP contribution < -0.4 is 5.73 Å². The van der Waals surface area contributed by atoms with E-state index in [1.807, 2.05) is 30.3 Å². The molecule has 0 saturated carbocycles. The summed E-state index contributed by atoms with van der Waals surface area (Å²) in [5.74, 6) is 0. The van der Waals surface area contributed by atoms with E-state index in [9.17, 15) is 4.79 Å². The van der Waals surface area contributed by atoms with Crippen LogP contribution in [-0.4, -0.2) is 51.2 Å². The number of nitrogens with two attached hydrogens (primary N) is 1. The van der Waals surface area contributed by atoms with E-state index in [4.69, 9.17) is 17.3 Å². The molecule has 1 saturated heterocycles. The number of piperazine rings is 1. The Morgan fingerprint density at radius 1 is 1.12 bits per heavy atom. The molecule has 2 unspecified atom stereocenters. The minimum Gasteiger partial charge on any atom is -0.398 e. The van der Waals surface area contributed by atoms with Gasteiger partial charge in [-0.3, -0.25) is 14.8 Å². The van der Waals surface area contributed by atoms with Crippen LogP contribution in [0.4, 0.5) is 5.69 Å². The van der Waals surface area contributed by atoms with Crippen molar-refractivity contribution in [2.75, 3.05) is 18.8 Å². The lowest BCUT2D eigenvalue weighted by Gasteiger charge is -2.44. The monoisotopic (exact) mass is 447 g/mol. The average Bonchev–Trinajstić information content (AvgIpc) is 3.17. The fourth-order valence-electron chi connectivity index (χ4n) is 4.75. The molecule has 0 amide bonds. The number of aldehydes is 1. The quantitative estimate of drug-likeness (QED) is 0.448. The highest BCUT2D eigenvalue weighted by molar-refractivity contribution is 6.31. The van der Waals surface area contributed by atoms with Crippen molar-refractivity contribution in [3.63, 3.8) is 0 Å². The molecule has 164 valence electrons. The Hall–Kier alpha value is -2.93. The maximum atomic E-state index is 12.1. The number of hydrogen-bond acceptors (Lipinski definition) is 5. The van der Waals surface area contributed by atoms with E-state index in [1.54, 1.807) is 6.20 Å². The number of anilines is 1. The third-order valence-corrected chi connectivity index (χ3v) is 6.78. The van der Waals surface area contributed by atoms with Gasteiger partial charge >= 0.3 is 0 Å². The predicted octanol–water partition coefficient (Wildman–Crippen LogP) is 4.23. The molecule has 0 aliphatic carbocycles. The number of aromatic nitrogens is 2. The lowest BCUT2D eigenvalue weighted by Crippen LogP contribution is -2.58. The molecule has 2 aromatic heterocycles. The molecule has 2 aromatic carbocycles. The van der Waals surface area contributed by atoms with Gasteiger partial charge < -0.3 is 15.5 Å². The Bertz CT molecular complexity index is 1290. The van der Waals surface area contributed by atoms with Crippen LogP contribution in [0, 0.1) is 0 Å². The van der Waals surface area contributed by atoms with E-state index in [2.05, 4.69) is 44.9 Å². The van der Waals surface area contributed by atoms with Gasteiger partial charge in [-0.05, 0) is 48.9 Å². The molecule has 0 bridgehead atoms. The number of benzene rings is 2. The number of pyridine rings is 1. The van der Waals surface area contributed by atoms with Crippen LogP contribution in [0.25, 0.3) is 21.8 Å². The van der Waals surface area contributed by atoms with E-state index in [0.29, 0.717) is 6.54 Å². The summed E-state index contributed by atoms with van der Waals surface area (Å²) in [5.41, 5.74) is 11.0. The van der Waals surface area contributed by atoms with Crippen LogP contribution in [0.2, 0.25) is 5.02 Å². The van der Waals surface area contributed by atoms with Gasteiger partial charge in [-0.1, -0.05) is 23.7 Å². The molecule has 3 N–H and O–H groups in total. The fourth-order valence-corrected chi connectivity index (χ4v) is 4.93. The second kappa shape index (κ2) is 8.54. The van der Waals surface area contributed by atoms with E-state index in [1.165, 1.54) is 0 Å². The smallest absolute Gasteiger partial charge is 0.138 e. The molecule has 1 aliphatic rings. The van der Waals surface area contributed by atoms with Crippen molar-refractivity contribution in [3.05, 3.63) is 71.0 Å². The zero-order valence-corrected chi connectivity index (χ0v) is 18.7. The van der Waals surface area contributed by atoms with Crippen molar-refractivity contribution in [2.24, 2.45) is 0 Å². The number of nitrogens with zero attached hydrogens (tertiary/aromatic N) is 3. The summed E-state index contributed by atoms with van der Waals surface area (Å²) in [6, 6.07) is 15.9. The zero-order valence-electron chi connectivity index (χ0n) is 18.0. The van der Waals surface area contributed by atoms with Crippen LogP contribution in [0.1, 0.15) is 18.2 Å². The van der Waals surface area contributed by atoms with Gasteiger partial charge in [-0.2, -0.15) is 0 Å². The summed E-state index contributed by atoms with van der Waals surface area (Å²) in [5, 5.41) is 2.80. The standard InChI is InChI=1S/C25H26ClN5O/c1-16-25(15-32)31(13-17-2-4-21-22(27)6-7-28-24(21)10-17)9-8-30(16)14-20-12-18-11-19(26)3-5-23(18)29-20/h2-7,10-12,15-16,25,29H,8-9,13-14H2,1H3,(H2,27,28). The molecule has 4 aromatic rings. The van der Waals surface area contributed by atoms with Crippen LogP contribution in [-0.2, 0) is 17.9 Å². The van der Waals surface area contributed by atoms with E-state index < -0.39 is 0 Å². The zero-order chi connectivity index (χ0) is 22.2. The van der Waals surface area contributed by atoms with Crippen molar-refractivity contribution in [1.29, 1.82) is 0 Å². The first-order chi connectivity index (χ1) is 15.5. The summed E-state index contributed by atoms with van der Waals surface area (Å²) in [6.07, 6.45) is 2.81. The Kier molecular flexibility index (Phi) is 5.59. The number of carbonyl (C=O) groups excluding carboxylic acids is 1. The minimum atomic E-state index is -0.174. The predicted molar refractivity (Wildman–Crippen MR) is 130 cm³/mol. The fraction of sp³-hybridized carbons (Fsp3) is 0.280. The van der Waals surface area contributed by atoms with E-state index in [-0.39, 0.29) is 12.1 Å². The van der Waals surface area contributed by atoms with Gasteiger partial charge in [0.05, 0.1) is 11.6 Å². The highest BCUT2D eigenvalue weighted by Crippen LogP contribution is 2.25. The number of aromatic amines is 1. The van der Waals surface area contributed by atoms with Crippen molar-refractivity contribution in [1.82, 2.24) is 19.8 Å². The Balaban J connectivity index is 1.31. The van der Waals surface area contributed by atoms with Crippen LogP contribution >= 0.6 is 11.6 Å². The first-order valence-electron chi connectivity index (χ1n) is 10.9. The number of carbonyl (C=O) groups is 1. The normalized spacial score (nSPS) is 20.2. The third-order valence-electron chi connectivity index (χ3n) is 6.54. The third kappa shape index (κ3) is 3.97. The molecule has 0 radical (unpaired) electrons. The van der Waals surface area contributed by atoms with Crippen molar-refractivity contribution >= 4 is 45.4 Å². The molecule has 3 heterocycles. The van der Waals surface area contributed by atoms with E-state index in [0.717, 1.165) is 69.7 Å². The Morgan fingerprint density at radius 2 is 1.97 bits per heavy atom. The molecule has 5 rings (SSSR count). The minimum absolute atomic E-state index is 0.102. The van der Waals surface area contributed by atoms with Crippen molar-refractivity contribution in [3.8, 4) is 0 Å². The number of hydrogen-bond donors (Lipinski definition) is 2. The highest BCUT2D eigenvalue weighted by atomic mass is 35.5. The maximum Gasteiger partial charge on any atom is 0.138 e. The second-order valence-corrected chi connectivity index (χ2v) is 9.02. The van der Waals surface area contributed by atoms with E-state index >= 15 is 0 Å². The largest absolute Gasteiger partial charge is 0.398 e. The van der Waals surface area contributed by atoms with Gasteiger partial charge in [0.2, 0.25) is 0 Å². The lowest BCUT2D eigenvalue weighted by atomic mass is 10.0. The average molecular weight is 448 g/mol. The molecule has 2 atom stereocenters. The molecule has 7 heteroatoms. The second-order valence-electron chi connectivity index (χ2n) is 8.59. The summed E-state index contributed by atoms with van der Waals surface area (Å²) < 4.78 is 0. The molecule has 0 spiro atoms. The highest BCUT2D eigenvalue weighted by Gasteiger charge is 2.33. The van der Waals surface area contributed by atoms with Crippen molar-refractivity contribution in [2.45, 2.75) is 32.1 Å². The first kappa shape index (κ1) is 20.9. The Labute approximate surface area is 192 Å². The van der Waals surface area contributed by atoms with Crippen LogP contribution in [0.15, 0.2) is 54.7 Å². The number of nitrogen functional groups attached to an aromatic ring is 1. The van der Waals surface area contributed by atoms with Gasteiger partial charge in [0.25, 0.3) is 0 Å². The summed E-state index contributed by atoms with van der Waals surface area (Å²) in [7, 11) is 0. The molecular formula is C25H26ClN5O. The maximum absolute atomic E-state index is 12.1. The van der Waals surface area contributed by atoms with Gasteiger partial charge in [0, 0.05) is 71.1 Å². The van der Waals surface area contributed by atoms with Crippen LogP contribution in [0.5, 0.6) is 0 Å². The summed E-state index contributed by atoms with van der Waals surface area (Å²) >= 11 is 6.12. The number of fused-ring (bicyclic) bond motifs is 2.